The van der Waals surface area contributed by atoms with Gasteiger partial charge < -0.3 is 19.7 Å². The summed E-state index contributed by atoms with van der Waals surface area (Å²) in [5, 5.41) is 3.83. The molecule has 2 heterocycles. The molecule has 1 fully saturated rings. The van der Waals surface area contributed by atoms with Gasteiger partial charge in [-0.25, -0.2) is 0 Å². The number of hydrogen-bond donors (Lipinski definition) is 1. The molecular weight excluding hydrogens is 507 g/mol. The third-order valence-corrected chi connectivity index (χ3v) is 6.35. The Morgan fingerprint density at radius 1 is 1.03 bits per heavy atom. The largest absolute Gasteiger partial charge is 0.573 e. The molecule has 1 aliphatic heterocycles. The second kappa shape index (κ2) is 12.3. The Kier molecular flexibility index (Phi) is 8.89. The lowest BCUT2D eigenvalue weighted by Crippen LogP contribution is -2.45. The van der Waals surface area contributed by atoms with Crippen LogP contribution in [0.3, 0.4) is 0 Å². The minimum atomic E-state index is -4.85. The van der Waals surface area contributed by atoms with Crippen molar-refractivity contribution in [2.75, 3.05) is 26.2 Å². The number of hydrogen-bond acceptors (Lipinski definition) is 5. The number of benzene rings is 2. The van der Waals surface area contributed by atoms with E-state index in [0.717, 1.165) is 18.7 Å². The molecule has 0 spiro atoms. The Hall–Kier alpha value is -3.30. The van der Waals surface area contributed by atoms with Crippen molar-refractivity contribution in [2.45, 2.75) is 25.2 Å². The summed E-state index contributed by atoms with van der Waals surface area (Å²) in [6.45, 7) is 1.54. The maximum absolute atomic E-state index is 13.9. The number of rotatable bonds is 9. The molecule has 0 bridgehead atoms. The molecular formula is C27H27ClF3N3O3. The highest BCUT2D eigenvalue weighted by molar-refractivity contribution is 6.30. The molecule has 3 aromatic rings. The smallest absolute Gasteiger partial charge is 0.488 e. The van der Waals surface area contributed by atoms with E-state index in [-0.39, 0.29) is 30.7 Å². The van der Waals surface area contributed by atoms with E-state index < -0.39 is 18.2 Å². The lowest BCUT2D eigenvalue weighted by molar-refractivity contribution is -0.275. The summed E-state index contributed by atoms with van der Waals surface area (Å²) in [6, 6.07) is 17.7. The zero-order valence-corrected chi connectivity index (χ0v) is 20.7. The van der Waals surface area contributed by atoms with Gasteiger partial charge in [-0.15, -0.1) is 13.2 Å². The van der Waals surface area contributed by atoms with E-state index in [2.05, 4.69) is 15.0 Å². The highest BCUT2D eigenvalue weighted by atomic mass is 35.5. The van der Waals surface area contributed by atoms with Gasteiger partial charge in [0.1, 0.15) is 6.61 Å². The van der Waals surface area contributed by atoms with Crippen LogP contribution in [-0.4, -0.2) is 48.4 Å². The first kappa shape index (κ1) is 26.8. The fourth-order valence-corrected chi connectivity index (χ4v) is 4.52. The molecule has 0 saturated carbocycles. The minimum Gasteiger partial charge on any atom is -0.488 e. The summed E-state index contributed by atoms with van der Waals surface area (Å²) in [5.74, 6) is -0.753. The van der Waals surface area contributed by atoms with Gasteiger partial charge in [0.15, 0.2) is 11.5 Å². The number of ether oxygens (including phenoxy) is 2. The van der Waals surface area contributed by atoms with Gasteiger partial charge in [0, 0.05) is 17.1 Å². The van der Waals surface area contributed by atoms with Gasteiger partial charge in [-0.2, -0.15) is 0 Å². The van der Waals surface area contributed by atoms with Crippen LogP contribution in [0.15, 0.2) is 72.9 Å². The van der Waals surface area contributed by atoms with Crippen molar-refractivity contribution in [3.05, 3.63) is 89.2 Å². The number of pyridine rings is 1. The van der Waals surface area contributed by atoms with Crippen molar-refractivity contribution in [2.24, 2.45) is 5.92 Å². The van der Waals surface area contributed by atoms with E-state index in [1.54, 1.807) is 35.4 Å². The quantitative estimate of drug-likeness (QED) is 0.386. The summed E-state index contributed by atoms with van der Waals surface area (Å²) in [7, 11) is 0. The summed E-state index contributed by atoms with van der Waals surface area (Å²) in [5.41, 5.74) is 1.47. The van der Waals surface area contributed by atoms with Crippen molar-refractivity contribution < 1.29 is 27.4 Å². The highest BCUT2D eigenvalue weighted by Gasteiger charge is 2.34. The molecule has 196 valence electrons. The van der Waals surface area contributed by atoms with Crippen molar-refractivity contribution in [1.29, 1.82) is 0 Å². The second-order valence-corrected chi connectivity index (χ2v) is 9.04. The van der Waals surface area contributed by atoms with Crippen LogP contribution >= 0.6 is 11.6 Å². The Morgan fingerprint density at radius 3 is 2.35 bits per heavy atom. The predicted molar refractivity (Wildman–Crippen MR) is 133 cm³/mol. The van der Waals surface area contributed by atoms with Crippen LogP contribution in [0.2, 0.25) is 5.02 Å². The maximum atomic E-state index is 13.9. The van der Waals surface area contributed by atoms with E-state index in [1.807, 2.05) is 24.3 Å². The van der Waals surface area contributed by atoms with Crippen molar-refractivity contribution in [3.63, 3.8) is 0 Å². The summed E-state index contributed by atoms with van der Waals surface area (Å²) in [4.78, 5) is 20.1. The monoisotopic (exact) mass is 533 g/mol. The zero-order chi connectivity index (χ0) is 26.3. The van der Waals surface area contributed by atoms with Crippen molar-refractivity contribution in [1.82, 2.24) is 15.2 Å². The predicted octanol–water partition coefficient (Wildman–Crippen LogP) is 5.63. The Labute approximate surface area is 218 Å². The number of para-hydroxylation sites is 2. The van der Waals surface area contributed by atoms with Crippen LogP contribution in [0, 0.1) is 5.92 Å². The molecule has 37 heavy (non-hydrogen) atoms. The van der Waals surface area contributed by atoms with E-state index in [0.29, 0.717) is 23.6 Å². The topological polar surface area (TPSA) is 63.7 Å². The number of nitrogens with zero attached hydrogens (tertiary/aromatic N) is 2. The van der Waals surface area contributed by atoms with E-state index >= 15 is 0 Å². The number of nitrogens with one attached hydrogen (secondary N) is 1. The summed E-state index contributed by atoms with van der Waals surface area (Å²) < 4.78 is 48.3. The van der Waals surface area contributed by atoms with E-state index in [4.69, 9.17) is 16.3 Å². The van der Waals surface area contributed by atoms with Crippen molar-refractivity contribution >= 4 is 17.5 Å². The molecule has 1 amide bonds. The lowest BCUT2D eigenvalue weighted by Gasteiger charge is -2.35. The van der Waals surface area contributed by atoms with Crippen molar-refractivity contribution in [3.8, 4) is 11.5 Å². The fraction of sp³-hybridized carbons (Fsp3) is 0.333. The third-order valence-electron chi connectivity index (χ3n) is 6.10. The van der Waals surface area contributed by atoms with Crippen LogP contribution in [0.25, 0.3) is 0 Å². The van der Waals surface area contributed by atoms with Gasteiger partial charge >= 0.3 is 6.36 Å². The molecule has 2 aromatic carbocycles. The van der Waals surface area contributed by atoms with Gasteiger partial charge in [-0.05, 0) is 67.9 Å². The van der Waals surface area contributed by atoms with Gasteiger partial charge in [0.05, 0.1) is 18.3 Å². The first-order chi connectivity index (χ1) is 17.8. The Morgan fingerprint density at radius 2 is 1.70 bits per heavy atom. The molecule has 1 aromatic heterocycles. The van der Waals surface area contributed by atoms with Crippen LogP contribution in [0.4, 0.5) is 13.2 Å². The van der Waals surface area contributed by atoms with Gasteiger partial charge in [-0.3, -0.25) is 9.78 Å². The number of amides is 1. The van der Waals surface area contributed by atoms with Gasteiger partial charge in [0.25, 0.3) is 0 Å². The average molecular weight is 534 g/mol. The Bertz CT molecular complexity index is 1160. The van der Waals surface area contributed by atoms with Gasteiger partial charge in [-0.1, -0.05) is 41.9 Å². The number of piperidine rings is 1. The minimum absolute atomic E-state index is 0.0497. The zero-order valence-electron chi connectivity index (χ0n) is 20.0. The lowest BCUT2D eigenvalue weighted by atomic mass is 9.93. The molecule has 0 aliphatic carbocycles. The van der Waals surface area contributed by atoms with E-state index in [1.165, 1.54) is 18.2 Å². The summed E-state index contributed by atoms with van der Waals surface area (Å²) in [6.07, 6.45) is -1.82. The maximum Gasteiger partial charge on any atom is 0.573 e. The molecule has 4 rings (SSSR count). The molecule has 6 nitrogen and oxygen atoms in total. The summed E-state index contributed by atoms with van der Waals surface area (Å²) >= 11 is 6.12. The third kappa shape index (κ3) is 7.36. The molecule has 1 atom stereocenters. The molecule has 1 N–H and O–H groups in total. The van der Waals surface area contributed by atoms with E-state index in [9.17, 15) is 18.0 Å². The normalized spacial score (nSPS) is 15.1. The fourth-order valence-electron chi connectivity index (χ4n) is 4.40. The Balaban J connectivity index is 1.63. The first-order valence-corrected chi connectivity index (χ1v) is 12.3. The molecule has 0 radical (unpaired) electrons. The highest BCUT2D eigenvalue weighted by Crippen LogP contribution is 2.33. The number of alkyl halides is 3. The standard InChI is InChI=1S/C27H27ClF3N3O3/c28-21-10-8-19(9-11-21)25(22-5-3-4-14-33-22)34(26(35)20-12-15-32-16-13-20)17-18-36-23-6-1-2-7-24(23)37-27(29,30)31/h1-11,14,20,25,32H,12-13,15-18H2/t25-/m1/s1. The number of carbonyl (C=O) groups is 1. The number of carbonyl (C=O) groups excluding carboxylic acids is 1. The van der Waals surface area contributed by atoms with Gasteiger partial charge in [0.2, 0.25) is 5.91 Å². The number of aromatic nitrogens is 1. The van der Waals surface area contributed by atoms with Crippen LogP contribution in [-0.2, 0) is 4.79 Å². The van der Waals surface area contributed by atoms with Crippen LogP contribution in [0.5, 0.6) is 11.5 Å². The molecule has 1 saturated heterocycles. The number of halogens is 4. The van der Waals surface area contributed by atoms with Crippen LogP contribution < -0.4 is 14.8 Å². The molecule has 1 aliphatic rings. The molecule has 0 unspecified atom stereocenters. The van der Waals surface area contributed by atoms with Crippen LogP contribution in [0.1, 0.15) is 30.1 Å². The SMILES string of the molecule is O=C(C1CCNCC1)N(CCOc1ccccc1OC(F)(F)F)[C@H](c1ccc(Cl)cc1)c1ccccn1. The average Bonchev–Trinajstić information content (AvgIpc) is 2.90. The first-order valence-electron chi connectivity index (χ1n) is 12.0. The molecule has 10 heteroatoms. The second-order valence-electron chi connectivity index (χ2n) is 8.61.